The fraction of sp³-hybridized carbons (Fsp3) is 0.750. The summed E-state index contributed by atoms with van der Waals surface area (Å²) in [5.41, 5.74) is 0. The van der Waals surface area contributed by atoms with Crippen molar-refractivity contribution < 1.29 is 14.3 Å². The van der Waals surface area contributed by atoms with E-state index in [9.17, 15) is 9.59 Å². The Morgan fingerprint density at radius 2 is 2.33 bits per heavy atom. The van der Waals surface area contributed by atoms with Gasteiger partial charge in [0.05, 0.1) is 7.11 Å². The molecule has 0 aromatic rings. The van der Waals surface area contributed by atoms with Crippen LogP contribution in [0.25, 0.3) is 0 Å². The first-order valence-corrected chi connectivity index (χ1v) is 3.97. The third-order valence-electron chi connectivity index (χ3n) is 2.10. The summed E-state index contributed by atoms with van der Waals surface area (Å²) in [7, 11) is 3.07. The van der Waals surface area contributed by atoms with Gasteiger partial charge in [0.25, 0.3) is 0 Å². The Kier molecular flexibility index (Phi) is 2.81. The van der Waals surface area contributed by atoms with Crippen LogP contribution in [0.4, 0.5) is 0 Å². The summed E-state index contributed by atoms with van der Waals surface area (Å²) in [6.07, 6.45) is 1.33. The minimum absolute atomic E-state index is 0.0319. The molecule has 1 atom stereocenters. The molecule has 0 amide bonds. The van der Waals surface area contributed by atoms with Crippen molar-refractivity contribution in [2.75, 3.05) is 20.7 Å². The van der Waals surface area contributed by atoms with E-state index < -0.39 is 12.0 Å². The number of piperidine rings is 1. The van der Waals surface area contributed by atoms with Gasteiger partial charge in [-0.05, 0) is 20.0 Å². The summed E-state index contributed by atoms with van der Waals surface area (Å²) in [6.45, 7) is 0.783. The number of hydrogen-bond donors (Lipinski definition) is 0. The predicted octanol–water partition coefficient (Wildman–Crippen LogP) is -0.177. The van der Waals surface area contributed by atoms with Gasteiger partial charge in [-0.15, -0.1) is 0 Å². The van der Waals surface area contributed by atoms with E-state index in [0.717, 1.165) is 13.0 Å². The molecule has 0 bridgehead atoms. The zero-order valence-corrected chi connectivity index (χ0v) is 7.37. The summed E-state index contributed by atoms with van der Waals surface area (Å²) < 4.78 is 4.53. The van der Waals surface area contributed by atoms with Gasteiger partial charge in [-0.3, -0.25) is 9.69 Å². The van der Waals surface area contributed by atoms with Crippen molar-refractivity contribution in [3.63, 3.8) is 0 Å². The van der Waals surface area contributed by atoms with Crippen LogP contribution in [0.2, 0.25) is 0 Å². The maximum Gasteiger partial charge on any atom is 0.330 e. The van der Waals surface area contributed by atoms with Crippen LogP contribution in [0.15, 0.2) is 0 Å². The Morgan fingerprint density at radius 3 is 2.83 bits per heavy atom. The van der Waals surface area contributed by atoms with E-state index in [1.807, 2.05) is 0 Å². The van der Waals surface area contributed by atoms with Crippen molar-refractivity contribution in [1.29, 1.82) is 0 Å². The normalized spacial score (nSPS) is 25.5. The quantitative estimate of drug-likeness (QED) is 0.405. The predicted molar refractivity (Wildman–Crippen MR) is 42.7 cm³/mol. The summed E-state index contributed by atoms with van der Waals surface area (Å²) in [5, 5.41) is 0. The smallest absolute Gasteiger partial charge is 0.330 e. The fourth-order valence-electron chi connectivity index (χ4n) is 1.44. The zero-order valence-electron chi connectivity index (χ0n) is 7.37. The van der Waals surface area contributed by atoms with E-state index in [-0.39, 0.29) is 5.78 Å². The number of esters is 1. The lowest BCUT2D eigenvalue weighted by molar-refractivity contribution is -0.152. The minimum Gasteiger partial charge on any atom is -0.468 e. The Morgan fingerprint density at radius 1 is 1.67 bits per heavy atom. The van der Waals surface area contributed by atoms with Gasteiger partial charge in [0.1, 0.15) is 0 Å². The van der Waals surface area contributed by atoms with Gasteiger partial charge >= 0.3 is 5.97 Å². The highest BCUT2D eigenvalue weighted by Crippen LogP contribution is 2.12. The Hall–Kier alpha value is -0.900. The first kappa shape index (κ1) is 9.19. The second-order valence-electron chi connectivity index (χ2n) is 2.98. The second-order valence-corrected chi connectivity index (χ2v) is 2.98. The molecule has 0 aromatic carbocycles. The highest BCUT2D eigenvalue weighted by molar-refractivity contribution is 6.03. The van der Waals surface area contributed by atoms with Crippen LogP contribution in [-0.4, -0.2) is 43.4 Å². The summed E-state index contributed by atoms with van der Waals surface area (Å²) in [6, 6.07) is -0.663. The number of ether oxygens (including phenoxy) is 1. The van der Waals surface area contributed by atoms with Crippen LogP contribution in [0.5, 0.6) is 0 Å². The number of likely N-dealkylation sites (tertiary alicyclic amines) is 1. The summed E-state index contributed by atoms with van der Waals surface area (Å²) in [5.74, 6) is -0.474. The van der Waals surface area contributed by atoms with Crippen molar-refractivity contribution in [2.24, 2.45) is 0 Å². The maximum atomic E-state index is 11.3. The van der Waals surface area contributed by atoms with E-state index in [1.54, 1.807) is 11.9 Å². The molecule has 0 saturated carbocycles. The molecule has 1 aliphatic heterocycles. The van der Waals surface area contributed by atoms with Crippen LogP contribution in [0.3, 0.4) is 0 Å². The minimum atomic E-state index is -0.663. The molecule has 1 unspecified atom stereocenters. The van der Waals surface area contributed by atoms with Gasteiger partial charge in [-0.25, -0.2) is 4.79 Å². The number of methoxy groups -OCH3 is 1. The van der Waals surface area contributed by atoms with Crippen LogP contribution in [0, 0.1) is 0 Å². The molecule has 0 aliphatic carbocycles. The van der Waals surface area contributed by atoms with Crippen molar-refractivity contribution in [3.8, 4) is 0 Å². The van der Waals surface area contributed by atoms with Crippen molar-refractivity contribution in [3.05, 3.63) is 0 Å². The first-order chi connectivity index (χ1) is 5.66. The monoisotopic (exact) mass is 171 g/mol. The molecule has 1 aliphatic rings. The molecule has 0 aromatic heterocycles. The number of Topliss-reactive ketones (excluding diaryl/α,β-unsaturated/α-hetero) is 1. The largest absolute Gasteiger partial charge is 0.468 e. The third-order valence-corrected chi connectivity index (χ3v) is 2.10. The molecule has 12 heavy (non-hydrogen) atoms. The van der Waals surface area contributed by atoms with Gasteiger partial charge < -0.3 is 4.74 Å². The number of ketones is 1. The molecule has 1 fully saturated rings. The van der Waals surface area contributed by atoms with Crippen molar-refractivity contribution in [2.45, 2.75) is 18.9 Å². The van der Waals surface area contributed by atoms with E-state index >= 15 is 0 Å². The maximum absolute atomic E-state index is 11.3. The number of nitrogens with zero attached hydrogens (tertiary/aromatic N) is 1. The number of carbonyl (C=O) groups is 2. The lowest BCUT2D eigenvalue weighted by atomic mass is 10.0. The highest BCUT2D eigenvalue weighted by Gasteiger charge is 2.33. The molecular formula is C8H13NO3. The summed E-state index contributed by atoms with van der Waals surface area (Å²) in [4.78, 5) is 24.1. The Balaban J connectivity index is 2.69. The van der Waals surface area contributed by atoms with Gasteiger partial charge in [-0.2, -0.15) is 0 Å². The average molecular weight is 171 g/mol. The molecule has 0 radical (unpaired) electrons. The second kappa shape index (κ2) is 3.67. The van der Waals surface area contributed by atoms with Gasteiger partial charge in [-0.1, -0.05) is 0 Å². The molecular weight excluding hydrogens is 158 g/mol. The first-order valence-electron chi connectivity index (χ1n) is 3.97. The number of likely N-dealkylation sites (N-methyl/N-ethyl adjacent to an activating group) is 1. The van der Waals surface area contributed by atoms with Crippen molar-refractivity contribution in [1.82, 2.24) is 4.90 Å². The van der Waals surface area contributed by atoms with Crippen LogP contribution >= 0.6 is 0 Å². The highest BCUT2D eigenvalue weighted by atomic mass is 16.5. The molecule has 1 saturated heterocycles. The number of carbonyl (C=O) groups excluding carboxylic acids is 2. The fourth-order valence-corrected chi connectivity index (χ4v) is 1.44. The van der Waals surface area contributed by atoms with Crippen LogP contribution in [0.1, 0.15) is 12.8 Å². The van der Waals surface area contributed by atoms with Gasteiger partial charge in [0, 0.05) is 6.42 Å². The Labute approximate surface area is 71.5 Å². The van der Waals surface area contributed by atoms with Gasteiger partial charge in [0.2, 0.25) is 0 Å². The molecule has 68 valence electrons. The SMILES string of the molecule is COC(=O)C1C(=O)CCCN1C. The lowest BCUT2D eigenvalue weighted by Gasteiger charge is -2.28. The molecule has 1 rings (SSSR count). The molecule has 0 spiro atoms. The topological polar surface area (TPSA) is 46.6 Å². The van der Waals surface area contributed by atoms with E-state index in [1.165, 1.54) is 7.11 Å². The lowest BCUT2D eigenvalue weighted by Crippen LogP contribution is -2.48. The number of hydrogen-bond acceptors (Lipinski definition) is 4. The average Bonchev–Trinajstić information content (AvgIpc) is 2.03. The third kappa shape index (κ3) is 1.64. The molecule has 4 heteroatoms. The molecule has 0 N–H and O–H groups in total. The standard InChI is InChI=1S/C8H13NO3/c1-9-5-3-4-6(10)7(9)8(11)12-2/h7H,3-5H2,1-2H3. The van der Waals surface area contributed by atoms with Crippen LogP contribution in [-0.2, 0) is 14.3 Å². The van der Waals surface area contributed by atoms with E-state index in [2.05, 4.69) is 4.74 Å². The van der Waals surface area contributed by atoms with Crippen molar-refractivity contribution >= 4 is 11.8 Å². The molecule has 4 nitrogen and oxygen atoms in total. The molecule has 1 heterocycles. The summed E-state index contributed by atoms with van der Waals surface area (Å²) >= 11 is 0. The van der Waals surface area contributed by atoms with Crippen LogP contribution < -0.4 is 0 Å². The van der Waals surface area contributed by atoms with E-state index in [4.69, 9.17) is 0 Å². The Bertz CT molecular complexity index is 194. The van der Waals surface area contributed by atoms with E-state index in [0.29, 0.717) is 6.42 Å². The zero-order chi connectivity index (χ0) is 9.14. The number of rotatable bonds is 1. The van der Waals surface area contributed by atoms with Gasteiger partial charge in [0.15, 0.2) is 11.8 Å².